The van der Waals surface area contributed by atoms with E-state index in [-0.39, 0.29) is 62.0 Å². The quantitative estimate of drug-likeness (QED) is 0.0915. The van der Waals surface area contributed by atoms with E-state index in [1.54, 1.807) is 45.0 Å². The van der Waals surface area contributed by atoms with Crippen molar-refractivity contribution in [2.75, 3.05) is 18.4 Å². The number of benzene rings is 1. The highest BCUT2D eigenvalue weighted by molar-refractivity contribution is 6.03. The molecule has 0 spiro atoms. The molecule has 0 saturated carbocycles. The van der Waals surface area contributed by atoms with Gasteiger partial charge in [0.05, 0.1) is 0 Å². The first-order chi connectivity index (χ1) is 21.3. The molecule has 1 aromatic rings. The second-order valence-electron chi connectivity index (χ2n) is 11.5. The maximum atomic E-state index is 13.3. The lowest BCUT2D eigenvalue weighted by atomic mass is 10.0. The third-order valence-corrected chi connectivity index (χ3v) is 7.29. The molecular weight excluding hydrogens is 584 g/mol. The molecule has 45 heavy (non-hydrogen) atoms. The number of amides is 7. The minimum atomic E-state index is -0.982. The molecule has 3 atom stereocenters. The first-order valence-corrected chi connectivity index (χ1v) is 15.3. The Morgan fingerprint density at radius 2 is 1.67 bits per heavy atom. The van der Waals surface area contributed by atoms with Crippen LogP contribution in [0.1, 0.15) is 78.2 Å². The van der Waals surface area contributed by atoms with Crippen LogP contribution in [0.2, 0.25) is 0 Å². The Hall–Kier alpha value is -4.49. The van der Waals surface area contributed by atoms with Gasteiger partial charge in [0, 0.05) is 44.5 Å². The van der Waals surface area contributed by atoms with Crippen LogP contribution in [0.4, 0.5) is 10.5 Å². The Kier molecular flexibility index (Phi) is 15.0. The maximum Gasteiger partial charge on any atom is 0.312 e. The zero-order valence-corrected chi connectivity index (χ0v) is 26.5. The van der Waals surface area contributed by atoms with Crippen LogP contribution in [-0.4, -0.2) is 71.6 Å². The molecule has 7 amide bonds. The van der Waals surface area contributed by atoms with Gasteiger partial charge in [-0.15, -0.1) is 0 Å². The van der Waals surface area contributed by atoms with Crippen LogP contribution in [0, 0.1) is 11.8 Å². The number of nitrogens with one attached hydrogen (secondary N) is 4. The number of ether oxygens (including phenoxy) is 1. The summed E-state index contributed by atoms with van der Waals surface area (Å²) in [6.45, 7) is 7.22. The van der Waals surface area contributed by atoms with Gasteiger partial charge in [0.15, 0.2) is 0 Å². The van der Waals surface area contributed by atoms with E-state index in [1.165, 1.54) is 11.8 Å². The number of anilines is 1. The number of hydrogen-bond donors (Lipinski definition) is 5. The van der Waals surface area contributed by atoms with E-state index in [4.69, 9.17) is 10.5 Å². The first-order valence-electron chi connectivity index (χ1n) is 15.3. The number of carbonyl (C=O) groups excluding carboxylic acids is 7. The van der Waals surface area contributed by atoms with Gasteiger partial charge in [-0.1, -0.05) is 39.3 Å². The summed E-state index contributed by atoms with van der Waals surface area (Å²) in [7, 11) is 0. The molecule has 1 fully saturated rings. The second kappa shape index (κ2) is 18.3. The standard InChI is InChI=1S/C31H46N6O8/c1-19(2)27(36-25(39)10-6-5-7-16-37-26(40)17-20(3)30(37)43)29(42)35-24(9-8-15-33-31(32)44)28(41)34-23-13-11-22(12-14-23)18-45-21(4)38/h11-14,19-20,24,27H,5-10,15-18H2,1-4H3,(H,34,41)(H,35,42)(H,36,39)(H3,32,33,44)/t20-,24+,27+/m1/s1. The summed E-state index contributed by atoms with van der Waals surface area (Å²) in [5.41, 5.74) is 6.31. The Labute approximate surface area is 263 Å². The Morgan fingerprint density at radius 3 is 2.24 bits per heavy atom. The van der Waals surface area contributed by atoms with Crippen LogP contribution in [0.3, 0.4) is 0 Å². The molecule has 0 radical (unpaired) electrons. The van der Waals surface area contributed by atoms with Crippen molar-refractivity contribution in [3.8, 4) is 0 Å². The fourth-order valence-corrected chi connectivity index (χ4v) is 4.74. The number of primary amides is 1. The molecule has 0 unspecified atom stereocenters. The van der Waals surface area contributed by atoms with Crippen molar-refractivity contribution in [3.63, 3.8) is 0 Å². The summed E-state index contributed by atoms with van der Waals surface area (Å²) >= 11 is 0. The van der Waals surface area contributed by atoms with Gasteiger partial charge in [0.25, 0.3) is 0 Å². The molecule has 0 aliphatic carbocycles. The summed E-state index contributed by atoms with van der Waals surface area (Å²) in [5, 5.41) is 10.7. The fourth-order valence-electron chi connectivity index (χ4n) is 4.74. The molecule has 1 aliphatic heterocycles. The highest BCUT2D eigenvalue weighted by atomic mass is 16.5. The van der Waals surface area contributed by atoms with Gasteiger partial charge in [-0.2, -0.15) is 0 Å². The van der Waals surface area contributed by atoms with E-state index in [2.05, 4.69) is 21.3 Å². The van der Waals surface area contributed by atoms with E-state index in [0.717, 1.165) is 5.56 Å². The average Bonchev–Trinajstić information content (AvgIpc) is 3.21. The average molecular weight is 631 g/mol. The lowest BCUT2D eigenvalue weighted by Crippen LogP contribution is -2.54. The minimum Gasteiger partial charge on any atom is -0.461 e. The molecule has 1 heterocycles. The third kappa shape index (κ3) is 13.0. The number of unbranched alkanes of at least 4 members (excludes halogenated alkanes) is 2. The number of likely N-dealkylation sites (tertiary alicyclic amines) is 1. The molecule has 1 saturated heterocycles. The van der Waals surface area contributed by atoms with Crippen LogP contribution in [0.25, 0.3) is 0 Å². The van der Waals surface area contributed by atoms with Gasteiger partial charge < -0.3 is 31.7 Å². The molecule has 1 aromatic carbocycles. The number of esters is 1. The number of nitrogens with zero attached hydrogens (tertiary/aromatic N) is 1. The maximum absolute atomic E-state index is 13.3. The fraction of sp³-hybridized carbons (Fsp3) is 0.581. The Balaban J connectivity index is 1.93. The van der Waals surface area contributed by atoms with E-state index >= 15 is 0 Å². The molecule has 0 aromatic heterocycles. The monoisotopic (exact) mass is 630 g/mol. The third-order valence-electron chi connectivity index (χ3n) is 7.29. The highest BCUT2D eigenvalue weighted by Gasteiger charge is 2.35. The van der Waals surface area contributed by atoms with E-state index in [9.17, 15) is 33.6 Å². The van der Waals surface area contributed by atoms with E-state index in [0.29, 0.717) is 37.9 Å². The van der Waals surface area contributed by atoms with Crippen LogP contribution in [-0.2, 0) is 40.1 Å². The Morgan fingerprint density at radius 1 is 0.978 bits per heavy atom. The van der Waals surface area contributed by atoms with Crippen LogP contribution < -0.4 is 27.0 Å². The second-order valence-corrected chi connectivity index (χ2v) is 11.5. The van der Waals surface area contributed by atoms with Crippen molar-refractivity contribution in [2.24, 2.45) is 17.6 Å². The molecule has 1 aliphatic rings. The molecule has 0 bridgehead atoms. The van der Waals surface area contributed by atoms with Gasteiger partial charge in [-0.3, -0.25) is 33.7 Å². The number of hydrogen-bond acceptors (Lipinski definition) is 8. The SMILES string of the molecule is CC(=O)OCc1ccc(NC(=O)[C@H](CCCNC(N)=O)NC(=O)[C@@H](NC(=O)CCCCCN2C(=O)C[C@@H](C)C2=O)C(C)C)cc1. The van der Waals surface area contributed by atoms with Gasteiger partial charge in [0.1, 0.15) is 18.7 Å². The summed E-state index contributed by atoms with van der Waals surface area (Å²) in [6.07, 6.45) is 2.65. The van der Waals surface area contributed by atoms with Crippen LogP contribution >= 0.6 is 0 Å². The van der Waals surface area contributed by atoms with Crippen molar-refractivity contribution < 1.29 is 38.3 Å². The molecule has 6 N–H and O–H groups in total. The van der Waals surface area contributed by atoms with E-state index in [1.807, 2.05) is 0 Å². The summed E-state index contributed by atoms with van der Waals surface area (Å²) in [4.78, 5) is 86.6. The lowest BCUT2D eigenvalue weighted by Gasteiger charge is -2.25. The van der Waals surface area contributed by atoms with Crippen molar-refractivity contribution in [1.29, 1.82) is 0 Å². The predicted octanol–water partition coefficient (Wildman–Crippen LogP) is 1.72. The number of urea groups is 1. The summed E-state index contributed by atoms with van der Waals surface area (Å²) in [6, 6.07) is 4.08. The number of imide groups is 1. The normalized spacial score (nSPS) is 15.8. The predicted molar refractivity (Wildman–Crippen MR) is 165 cm³/mol. The molecule has 2 rings (SSSR count). The van der Waals surface area contributed by atoms with Crippen molar-refractivity contribution in [3.05, 3.63) is 29.8 Å². The van der Waals surface area contributed by atoms with Crippen molar-refractivity contribution in [1.82, 2.24) is 20.9 Å². The van der Waals surface area contributed by atoms with E-state index < -0.39 is 35.9 Å². The lowest BCUT2D eigenvalue weighted by molar-refractivity contribution is -0.142. The smallest absolute Gasteiger partial charge is 0.312 e. The molecule has 14 nitrogen and oxygen atoms in total. The van der Waals surface area contributed by atoms with Gasteiger partial charge in [0.2, 0.25) is 29.5 Å². The Bertz CT molecular complexity index is 1220. The van der Waals surface area contributed by atoms with Gasteiger partial charge >= 0.3 is 12.0 Å². The molecular formula is C31H46N6O8. The molecule has 14 heteroatoms. The topological polar surface area (TPSA) is 206 Å². The van der Waals surface area contributed by atoms with Gasteiger partial charge in [-0.25, -0.2) is 4.79 Å². The minimum absolute atomic E-state index is 0.0946. The van der Waals surface area contributed by atoms with Crippen molar-refractivity contribution in [2.45, 2.75) is 91.3 Å². The van der Waals surface area contributed by atoms with Crippen LogP contribution in [0.15, 0.2) is 24.3 Å². The number of rotatable bonds is 18. The molecule has 248 valence electrons. The zero-order valence-electron chi connectivity index (χ0n) is 26.5. The van der Waals surface area contributed by atoms with Crippen LogP contribution in [0.5, 0.6) is 0 Å². The highest BCUT2D eigenvalue weighted by Crippen LogP contribution is 2.19. The summed E-state index contributed by atoms with van der Waals surface area (Å²) < 4.78 is 4.97. The number of nitrogens with two attached hydrogens (primary N) is 1. The van der Waals surface area contributed by atoms with Crippen molar-refractivity contribution >= 4 is 47.2 Å². The zero-order chi connectivity index (χ0) is 33.5. The summed E-state index contributed by atoms with van der Waals surface area (Å²) in [5.74, 6) is -2.65. The largest absolute Gasteiger partial charge is 0.461 e. The number of carbonyl (C=O) groups is 7. The first kappa shape index (κ1) is 36.7. The van der Waals surface area contributed by atoms with Gasteiger partial charge in [-0.05, 0) is 49.3 Å².